The van der Waals surface area contributed by atoms with E-state index in [1.807, 2.05) is 6.07 Å². The first-order chi connectivity index (χ1) is 8.13. The third-order valence-corrected chi connectivity index (χ3v) is 3.47. The summed E-state index contributed by atoms with van der Waals surface area (Å²) in [6.07, 6.45) is 0.917. The second kappa shape index (κ2) is 4.45. The van der Waals surface area contributed by atoms with Crippen molar-refractivity contribution in [2.24, 2.45) is 11.7 Å². The van der Waals surface area contributed by atoms with Gasteiger partial charge in [-0.2, -0.15) is 0 Å². The average molecular weight is 237 g/mol. The largest absolute Gasteiger partial charge is 0.493 e. The Morgan fingerprint density at radius 2 is 1.76 bits per heavy atom. The lowest BCUT2D eigenvalue weighted by atomic mass is 10.0. The van der Waals surface area contributed by atoms with Crippen molar-refractivity contribution in [2.75, 3.05) is 21.3 Å². The molecule has 0 spiro atoms. The lowest BCUT2D eigenvalue weighted by Gasteiger charge is -2.16. The molecule has 1 aromatic carbocycles. The summed E-state index contributed by atoms with van der Waals surface area (Å²) in [7, 11) is 4.88. The molecular weight excluding hydrogens is 218 g/mol. The van der Waals surface area contributed by atoms with Crippen molar-refractivity contribution in [2.45, 2.75) is 19.4 Å². The van der Waals surface area contributed by atoms with E-state index in [2.05, 4.69) is 6.92 Å². The van der Waals surface area contributed by atoms with Crippen LogP contribution < -0.4 is 19.9 Å². The van der Waals surface area contributed by atoms with Crippen LogP contribution in [-0.2, 0) is 6.42 Å². The quantitative estimate of drug-likeness (QED) is 0.872. The Kier molecular flexibility index (Phi) is 3.15. The zero-order chi connectivity index (χ0) is 12.6. The van der Waals surface area contributed by atoms with E-state index in [4.69, 9.17) is 19.9 Å². The van der Waals surface area contributed by atoms with Gasteiger partial charge in [0.15, 0.2) is 11.5 Å². The maximum atomic E-state index is 6.18. The number of methoxy groups -OCH3 is 3. The van der Waals surface area contributed by atoms with Crippen molar-refractivity contribution < 1.29 is 14.2 Å². The van der Waals surface area contributed by atoms with Crippen molar-refractivity contribution in [3.8, 4) is 17.2 Å². The highest BCUT2D eigenvalue weighted by Gasteiger charge is 2.32. The molecule has 0 aliphatic heterocycles. The van der Waals surface area contributed by atoms with E-state index in [0.29, 0.717) is 17.4 Å². The first-order valence-electron chi connectivity index (χ1n) is 5.71. The van der Waals surface area contributed by atoms with Gasteiger partial charge < -0.3 is 19.9 Å². The van der Waals surface area contributed by atoms with Crippen molar-refractivity contribution >= 4 is 0 Å². The molecule has 4 heteroatoms. The van der Waals surface area contributed by atoms with Crippen molar-refractivity contribution in [3.05, 3.63) is 17.2 Å². The van der Waals surface area contributed by atoms with Gasteiger partial charge in [-0.15, -0.1) is 0 Å². The number of fused-ring (bicyclic) bond motifs is 1. The van der Waals surface area contributed by atoms with E-state index in [0.717, 1.165) is 23.3 Å². The van der Waals surface area contributed by atoms with Crippen LogP contribution in [0.5, 0.6) is 17.2 Å². The Balaban J connectivity index is 2.64. The molecule has 0 heterocycles. The van der Waals surface area contributed by atoms with Crippen LogP contribution in [0.2, 0.25) is 0 Å². The van der Waals surface area contributed by atoms with Gasteiger partial charge in [0.25, 0.3) is 0 Å². The maximum absolute atomic E-state index is 6.18. The summed E-state index contributed by atoms with van der Waals surface area (Å²) in [6, 6.07) is 2.00. The molecule has 1 aromatic rings. The molecule has 0 fully saturated rings. The van der Waals surface area contributed by atoms with Crippen LogP contribution in [0.3, 0.4) is 0 Å². The van der Waals surface area contributed by atoms with Gasteiger partial charge in [0.1, 0.15) is 0 Å². The summed E-state index contributed by atoms with van der Waals surface area (Å²) in [5, 5.41) is 0. The van der Waals surface area contributed by atoms with Gasteiger partial charge in [-0.25, -0.2) is 0 Å². The molecular formula is C13H19NO3. The number of rotatable bonds is 3. The zero-order valence-electron chi connectivity index (χ0n) is 10.7. The first-order valence-corrected chi connectivity index (χ1v) is 5.71. The summed E-state index contributed by atoms with van der Waals surface area (Å²) in [4.78, 5) is 0. The topological polar surface area (TPSA) is 53.7 Å². The molecule has 0 saturated heterocycles. The normalized spacial score (nSPS) is 22.2. The Morgan fingerprint density at radius 3 is 2.29 bits per heavy atom. The molecule has 0 aromatic heterocycles. The molecule has 1 aliphatic carbocycles. The highest BCUT2D eigenvalue weighted by molar-refractivity contribution is 5.61. The molecule has 2 rings (SSSR count). The molecule has 17 heavy (non-hydrogen) atoms. The van der Waals surface area contributed by atoms with Crippen LogP contribution in [0.4, 0.5) is 0 Å². The van der Waals surface area contributed by atoms with Gasteiger partial charge >= 0.3 is 0 Å². The SMILES string of the molecule is COc1cc2c(c(OC)c1OC)CC(C)C2N. The van der Waals surface area contributed by atoms with Crippen LogP contribution >= 0.6 is 0 Å². The average Bonchev–Trinajstić information content (AvgIpc) is 2.63. The van der Waals surface area contributed by atoms with E-state index in [9.17, 15) is 0 Å². The number of hydrogen-bond donors (Lipinski definition) is 1. The van der Waals surface area contributed by atoms with Gasteiger partial charge in [-0.1, -0.05) is 6.92 Å². The van der Waals surface area contributed by atoms with E-state index in [1.165, 1.54) is 0 Å². The minimum Gasteiger partial charge on any atom is -0.493 e. The van der Waals surface area contributed by atoms with Crippen LogP contribution in [0.15, 0.2) is 6.07 Å². The number of hydrogen-bond acceptors (Lipinski definition) is 4. The Morgan fingerprint density at radius 1 is 1.12 bits per heavy atom. The smallest absolute Gasteiger partial charge is 0.203 e. The monoisotopic (exact) mass is 237 g/mol. The predicted molar refractivity (Wildman–Crippen MR) is 65.9 cm³/mol. The van der Waals surface area contributed by atoms with Crippen molar-refractivity contribution in [1.82, 2.24) is 0 Å². The summed E-state index contributed by atoms with van der Waals surface area (Å²) in [5.41, 5.74) is 8.42. The molecule has 0 saturated carbocycles. The van der Waals surface area contributed by atoms with E-state index in [-0.39, 0.29) is 6.04 Å². The molecule has 2 unspecified atom stereocenters. The minimum atomic E-state index is 0.0405. The Labute approximate surface area is 102 Å². The summed E-state index contributed by atoms with van der Waals surface area (Å²) in [6.45, 7) is 2.14. The predicted octanol–water partition coefficient (Wildman–Crippen LogP) is 1.90. The molecule has 2 N–H and O–H groups in total. The van der Waals surface area contributed by atoms with Gasteiger partial charge in [0, 0.05) is 11.6 Å². The highest BCUT2D eigenvalue weighted by atomic mass is 16.5. The van der Waals surface area contributed by atoms with E-state index in [1.54, 1.807) is 21.3 Å². The third-order valence-electron chi connectivity index (χ3n) is 3.47. The highest BCUT2D eigenvalue weighted by Crippen LogP contribution is 2.48. The second-order valence-electron chi connectivity index (χ2n) is 4.42. The summed E-state index contributed by atoms with van der Waals surface area (Å²) < 4.78 is 16.1. The Hall–Kier alpha value is -1.42. The third kappa shape index (κ3) is 1.72. The van der Waals surface area contributed by atoms with Crippen LogP contribution in [-0.4, -0.2) is 21.3 Å². The lowest BCUT2D eigenvalue weighted by Crippen LogP contribution is -2.13. The standard InChI is InChI=1S/C13H19NO3/c1-7-5-9-8(11(7)14)6-10(15-2)13(17-4)12(9)16-3/h6-7,11H,5,14H2,1-4H3. The fourth-order valence-electron chi connectivity index (χ4n) is 2.50. The molecule has 2 atom stereocenters. The molecule has 4 nitrogen and oxygen atoms in total. The van der Waals surface area contributed by atoms with Gasteiger partial charge in [-0.3, -0.25) is 0 Å². The van der Waals surface area contributed by atoms with Crippen LogP contribution in [0.25, 0.3) is 0 Å². The van der Waals surface area contributed by atoms with E-state index >= 15 is 0 Å². The van der Waals surface area contributed by atoms with Crippen LogP contribution in [0.1, 0.15) is 24.1 Å². The van der Waals surface area contributed by atoms with Gasteiger partial charge in [-0.05, 0) is 24.0 Å². The zero-order valence-corrected chi connectivity index (χ0v) is 10.7. The second-order valence-corrected chi connectivity index (χ2v) is 4.42. The van der Waals surface area contributed by atoms with E-state index < -0.39 is 0 Å². The van der Waals surface area contributed by atoms with Crippen LogP contribution in [0, 0.1) is 5.92 Å². The number of ether oxygens (including phenoxy) is 3. The fraction of sp³-hybridized carbons (Fsp3) is 0.538. The number of nitrogens with two attached hydrogens (primary N) is 1. The van der Waals surface area contributed by atoms with Crippen molar-refractivity contribution in [3.63, 3.8) is 0 Å². The number of benzene rings is 1. The lowest BCUT2D eigenvalue weighted by molar-refractivity contribution is 0.322. The van der Waals surface area contributed by atoms with Gasteiger partial charge in [0.2, 0.25) is 5.75 Å². The minimum absolute atomic E-state index is 0.0405. The maximum Gasteiger partial charge on any atom is 0.203 e. The molecule has 0 amide bonds. The molecule has 0 radical (unpaired) electrons. The Bertz CT molecular complexity index is 431. The summed E-state index contributed by atoms with van der Waals surface area (Å²) in [5.74, 6) is 2.49. The van der Waals surface area contributed by atoms with Gasteiger partial charge in [0.05, 0.1) is 21.3 Å². The van der Waals surface area contributed by atoms with Crippen molar-refractivity contribution in [1.29, 1.82) is 0 Å². The molecule has 94 valence electrons. The summed E-state index contributed by atoms with van der Waals surface area (Å²) >= 11 is 0. The first kappa shape index (κ1) is 12.0. The molecule has 1 aliphatic rings. The fourth-order valence-corrected chi connectivity index (χ4v) is 2.50. The molecule has 0 bridgehead atoms.